The summed E-state index contributed by atoms with van der Waals surface area (Å²) in [6.07, 6.45) is 1.47. The Labute approximate surface area is 124 Å². The molecule has 0 bridgehead atoms. The molecule has 2 amide bonds. The summed E-state index contributed by atoms with van der Waals surface area (Å²) in [6.45, 7) is 4.76. The fourth-order valence-electron chi connectivity index (χ4n) is 3.17. The van der Waals surface area contributed by atoms with Crippen LogP contribution < -0.4 is 5.73 Å². The number of amides is 2. The number of hydrogen-bond acceptors (Lipinski definition) is 4. The third-order valence-corrected chi connectivity index (χ3v) is 4.37. The SMILES string of the molecule is CC(C)C1CC(N2C(=O)c3cccc(N)c3C2=O)CCO1. The molecule has 0 aliphatic carbocycles. The van der Waals surface area contributed by atoms with Gasteiger partial charge in [0.05, 0.1) is 17.2 Å². The molecule has 5 nitrogen and oxygen atoms in total. The number of nitrogens with two attached hydrogens (primary N) is 1. The third-order valence-electron chi connectivity index (χ3n) is 4.37. The molecule has 1 saturated heterocycles. The number of ether oxygens (including phenoxy) is 1. The van der Waals surface area contributed by atoms with Gasteiger partial charge in [0.2, 0.25) is 0 Å². The molecule has 2 atom stereocenters. The minimum Gasteiger partial charge on any atom is -0.398 e. The van der Waals surface area contributed by atoms with Gasteiger partial charge >= 0.3 is 0 Å². The highest BCUT2D eigenvalue weighted by Gasteiger charge is 2.43. The van der Waals surface area contributed by atoms with Crippen molar-refractivity contribution in [1.82, 2.24) is 4.90 Å². The summed E-state index contributed by atoms with van der Waals surface area (Å²) in [5, 5.41) is 0. The molecule has 0 saturated carbocycles. The summed E-state index contributed by atoms with van der Waals surface area (Å²) >= 11 is 0. The molecule has 3 rings (SSSR count). The third kappa shape index (κ3) is 2.21. The van der Waals surface area contributed by atoms with Gasteiger partial charge in [-0.1, -0.05) is 19.9 Å². The number of carbonyl (C=O) groups excluding carboxylic acids is 2. The van der Waals surface area contributed by atoms with E-state index in [2.05, 4.69) is 13.8 Å². The smallest absolute Gasteiger partial charge is 0.263 e. The molecular weight excluding hydrogens is 268 g/mol. The van der Waals surface area contributed by atoms with E-state index in [9.17, 15) is 9.59 Å². The molecule has 2 aliphatic rings. The Kier molecular flexibility index (Phi) is 3.45. The van der Waals surface area contributed by atoms with Gasteiger partial charge in [-0.05, 0) is 30.9 Å². The maximum Gasteiger partial charge on any atom is 0.263 e. The zero-order chi connectivity index (χ0) is 15.1. The molecule has 2 unspecified atom stereocenters. The van der Waals surface area contributed by atoms with Crippen LogP contribution in [0.2, 0.25) is 0 Å². The number of nitrogens with zero attached hydrogens (tertiary/aromatic N) is 1. The van der Waals surface area contributed by atoms with E-state index in [0.717, 1.165) is 0 Å². The minimum absolute atomic E-state index is 0.0883. The number of benzene rings is 1. The normalized spacial score (nSPS) is 25.6. The molecule has 112 valence electrons. The average Bonchev–Trinajstić information content (AvgIpc) is 2.72. The number of hydrogen-bond donors (Lipinski definition) is 1. The fraction of sp³-hybridized carbons (Fsp3) is 0.500. The van der Waals surface area contributed by atoms with Gasteiger partial charge in [0.25, 0.3) is 11.8 Å². The largest absolute Gasteiger partial charge is 0.398 e. The standard InChI is InChI=1S/C16H20N2O3/c1-9(2)13-8-10(6-7-21-13)18-15(19)11-4-3-5-12(17)14(11)16(18)20/h3-5,9-10,13H,6-8,17H2,1-2H3. The molecule has 0 radical (unpaired) electrons. The van der Waals surface area contributed by atoms with Crippen molar-refractivity contribution in [3.63, 3.8) is 0 Å². The van der Waals surface area contributed by atoms with Crippen LogP contribution in [-0.2, 0) is 4.74 Å². The maximum absolute atomic E-state index is 12.6. The lowest BCUT2D eigenvalue weighted by Crippen LogP contribution is -2.46. The Morgan fingerprint density at radius 1 is 1.29 bits per heavy atom. The van der Waals surface area contributed by atoms with Crippen LogP contribution in [0.4, 0.5) is 5.69 Å². The fourth-order valence-corrected chi connectivity index (χ4v) is 3.17. The minimum atomic E-state index is -0.262. The van der Waals surface area contributed by atoms with Gasteiger partial charge in [-0.25, -0.2) is 0 Å². The number of carbonyl (C=O) groups is 2. The zero-order valence-corrected chi connectivity index (χ0v) is 12.3. The molecular formula is C16H20N2O3. The number of nitrogen functional groups attached to an aromatic ring is 1. The molecule has 21 heavy (non-hydrogen) atoms. The Bertz CT molecular complexity index is 597. The molecule has 0 aromatic heterocycles. The van der Waals surface area contributed by atoms with E-state index < -0.39 is 0 Å². The predicted octanol–water partition coefficient (Wildman–Crippen LogP) is 2.07. The summed E-state index contributed by atoms with van der Waals surface area (Å²) in [4.78, 5) is 26.5. The van der Waals surface area contributed by atoms with Gasteiger partial charge < -0.3 is 10.5 Å². The summed E-state index contributed by atoms with van der Waals surface area (Å²) in [5.74, 6) is -0.118. The van der Waals surface area contributed by atoms with Gasteiger partial charge in [-0.15, -0.1) is 0 Å². The number of fused-ring (bicyclic) bond motifs is 1. The molecule has 1 aromatic rings. The first-order valence-electron chi connectivity index (χ1n) is 7.38. The van der Waals surface area contributed by atoms with Crippen LogP contribution in [0.15, 0.2) is 18.2 Å². The average molecular weight is 288 g/mol. The summed E-state index contributed by atoms with van der Waals surface area (Å²) in [7, 11) is 0. The van der Waals surface area contributed by atoms with Gasteiger partial charge in [-0.2, -0.15) is 0 Å². The van der Waals surface area contributed by atoms with Crippen LogP contribution in [0.3, 0.4) is 0 Å². The topological polar surface area (TPSA) is 72.6 Å². The summed E-state index contributed by atoms with van der Waals surface area (Å²) < 4.78 is 5.73. The maximum atomic E-state index is 12.6. The lowest BCUT2D eigenvalue weighted by molar-refractivity contribution is -0.0390. The van der Waals surface area contributed by atoms with Crippen molar-refractivity contribution in [2.75, 3.05) is 12.3 Å². The van der Waals surface area contributed by atoms with Gasteiger partial charge in [-0.3, -0.25) is 14.5 Å². The predicted molar refractivity (Wildman–Crippen MR) is 79.0 cm³/mol. The lowest BCUT2D eigenvalue weighted by atomic mass is 9.94. The molecule has 1 aromatic carbocycles. The first-order chi connectivity index (χ1) is 10.0. The Morgan fingerprint density at radius 3 is 2.71 bits per heavy atom. The number of anilines is 1. The van der Waals surface area contributed by atoms with Crippen LogP contribution in [-0.4, -0.2) is 35.5 Å². The Hall–Kier alpha value is -1.88. The molecule has 2 aliphatic heterocycles. The molecule has 2 N–H and O–H groups in total. The summed E-state index contributed by atoms with van der Waals surface area (Å²) in [5.41, 5.74) is 7.02. The first kappa shape index (κ1) is 14.1. The molecule has 5 heteroatoms. The van der Waals surface area contributed by atoms with Crippen molar-refractivity contribution < 1.29 is 14.3 Å². The summed E-state index contributed by atoms with van der Waals surface area (Å²) in [6, 6.07) is 4.95. The van der Waals surface area contributed by atoms with Crippen molar-refractivity contribution in [2.45, 2.75) is 38.8 Å². The number of rotatable bonds is 2. The van der Waals surface area contributed by atoms with E-state index in [-0.39, 0.29) is 24.0 Å². The highest BCUT2D eigenvalue weighted by Crippen LogP contribution is 2.33. The molecule has 2 heterocycles. The van der Waals surface area contributed by atoms with Crippen molar-refractivity contribution in [2.24, 2.45) is 5.92 Å². The van der Waals surface area contributed by atoms with Gasteiger partial charge in [0.15, 0.2) is 0 Å². The van der Waals surface area contributed by atoms with Gasteiger partial charge in [0.1, 0.15) is 0 Å². The Balaban J connectivity index is 1.90. The van der Waals surface area contributed by atoms with Crippen molar-refractivity contribution >= 4 is 17.5 Å². The van der Waals surface area contributed by atoms with Crippen LogP contribution in [0.5, 0.6) is 0 Å². The van der Waals surface area contributed by atoms with Crippen molar-refractivity contribution in [3.05, 3.63) is 29.3 Å². The van der Waals surface area contributed by atoms with Crippen LogP contribution in [0, 0.1) is 5.92 Å². The van der Waals surface area contributed by atoms with Crippen LogP contribution in [0.25, 0.3) is 0 Å². The van der Waals surface area contributed by atoms with E-state index in [0.29, 0.717) is 42.2 Å². The van der Waals surface area contributed by atoms with Crippen LogP contribution >= 0.6 is 0 Å². The highest BCUT2D eigenvalue weighted by atomic mass is 16.5. The second-order valence-electron chi connectivity index (χ2n) is 6.08. The number of imide groups is 1. The first-order valence-corrected chi connectivity index (χ1v) is 7.38. The van der Waals surface area contributed by atoms with Crippen molar-refractivity contribution in [3.8, 4) is 0 Å². The Morgan fingerprint density at radius 2 is 2.05 bits per heavy atom. The van der Waals surface area contributed by atoms with Crippen LogP contribution in [0.1, 0.15) is 47.4 Å². The van der Waals surface area contributed by atoms with Crippen molar-refractivity contribution in [1.29, 1.82) is 0 Å². The monoisotopic (exact) mass is 288 g/mol. The van der Waals surface area contributed by atoms with Gasteiger partial charge in [0, 0.05) is 18.3 Å². The van der Waals surface area contributed by atoms with E-state index >= 15 is 0 Å². The second kappa shape index (κ2) is 5.15. The van der Waals surface area contributed by atoms with E-state index in [4.69, 9.17) is 10.5 Å². The zero-order valence-electron chi connectivity index (χ0n) is 12.3. The quantitative estimate of drug-likeness (QED) is 0.668. The highest BCUT2D eigenvalue weighted by molar-refractivity contribution is 6.23. The second-order valence-corrected chi connectivity index (χ2v) is 6.08. The lowest BCUT2D eigenvalue weighted by Gasteiger charge is -2.35. The molecule has 1 fully saturated rings. The van der Waals surface area contributed by atoms with E-state index in [1.807, 2.05) is 0 Å². The van der Waals surface area contributed by atoms with E-state index in [1.54, 1.807) is 18.2 Å². The molecule has 0 spiro atoms. The van der Waals surface area contributed by atoms with E-state index in [1.165, 1.54) is 4.90 Å².